The Balaban J connectivity index is 1.99. The van der Waals surface area contributed by atoms with Crippen molar-refractivity contribution in [3.63, 3.8) is 0 Å². The monoisotopic (exact) mass is 498 g/mol. The molecule has 37 heavy (non-hydrogen) atoms. The Hall–Kier alpha value is -2.48. The predicted octanol–water partition coefficient (Wildman–Crippen LogP) is 11.1. The fourth-order valence-corrected chi connectivity index (χ4v) is 5.53. The molecule has 0 N–H and O–H groups in total. The van der Waals surface area contributed by atoms with Crippen molar-refractivity contribution in [1.82, 2.24) is 0 Å². The Kier molecular flexibility index (Phi) is 12.3. The van der Waals surface area contributed by atoms with Crippen LogP contribution in [0.25, 0.3) is 16.9 Å². The van der Waals surface area contributed by atoms with Crippen LogP contribution in [0.4, 0.5) is 0 Å². The van der Waals surface area contributed by atoms with E-state index in [2.05, 4.69) is 76.2 Å². The van der Waals surface area contributed by atoms with Crippen LogP contribution < -0.4 is 0 Å². The fourth-order valence-electron chi connectivity index (χ4n) is 5.53. The van der Waals surface area contributed by atoms with E-state index in [9.17, 15) is 5.53 Å². The van der Waals surface area contributed by atoms with Gasteiger partial charge in [0.15, 0.2) is 0 Å². The van der Waals surface area contributed by atoms with E-state index in [4.69, 9.17) is 0 Å². The summed E-state index contributed by atoms with van der Waals surface area (Å²) in [4.78, 5) is 0. The van der Waals surface area contributed by atoms with Gasteiger partial charge in [0.1, 0.15) is 0 Å². The van der Waals surface area contributed by atoms with Gasteiger partial charge < -0.3 is 5.53 Å². The van der Waals surface area contributed by atoms with Gasteiger partial charge in [0, 0.05) is 22.3 Å². The quantitative estimate of drug-likeness (QED) is 0.153. The Morgan fingerprint density at radius 2 is 1.05 bits per heavy atom. The topological polar surface area (TPSA) is 25.3 Å². The molecule has 0 fully saturated rings. The van der Waals surface area contributed by atoms with Crippen LogP contribution in [0.2, 0.25) is 0 Å². The highest BCUT2D eigenvalue weighted by Crippen LogP contribution is 2.44. The molecule has 0 atom stereocenters. The van der Waals surface area contributed by atoms with Crippen LogP contribution in [-0.2, 0) is 12.8 Å². The van der Waals surface area contributed by atoms with Gasteiger partial charge in [-0.2, -0.15) is 0 Å². The molecule has 0 aromatic heterocycles. The first-order valence-electron chi connectivity index (χ1n) is 15.3. The third-order valence-electron chi connectivity index (χ3n) is 7.74. The first kappa shape index (κ1) is 29.1. The number of rotatable bonds is 17. The van der Waals surface area contributed by atoms with Crippen molar-refractivity contribution < 1.29 is 4.70 Å². The molecule has 1 heterocycles. The number of hydrogen-bond donors (Lipinski definition) is 0. The first-order valence-corrected chi connectivity index (χ1v) is 15.3. The number of nitrogens with zero attached hydrogens (tertiary/aromatic N) is 2. The summed E-state index contributed by atoms with van der Waals surface area (Å²) in [6.45, 7) is 9.04. The smallest absolute Gasteiger partial charge is 0.211 e. The van der Waals surface area contributed by atoms with E-state index in [0.717, 1.165) is 67.5 Å². The first-order chi connectivity index (χ1) is 18.1. The summed E-state index contributed by atoms with van der Waals surface area (Å²) >= 11 is 0. The number of allylic oxidation sites excluding steroid dienone is 2. The maximum absolute atomic E-state index is 11.8. The molecule has 1 aliphatic heterocycles. The summed E-state index contributed by atoms with van der Waals surface area (Å²) in [7, 11) is 0. The van der Waals surface area contributed by atoms with Crippen LogP contribution in [0.1, 0.15) is 133 Å². The average molecular weight is 499 g/mol. The highest BCUT2D eigenvalue weighted by Gasteiger charge is 2.35. The lowest BCUT2D eigenvalue weighted by Gasteiger charge is -2.11. The average Bonchev–Trinajstić information content (AvgIpc) is 3.20. The zero-order valence-electron chi connectivity index (χ0n) is 24.1. The van der Waals surface area contributed by atoms with Crippen molar-refractivity contribution in [2.45, 2.75) is 124 Å². The zero-order valence-corrected chi connectivity index (χ0v) is 24.1. The lowest BCUT2D eigenvalue weighted by Crippen LogP contribution is -2.03. The van der Waals surface area contributed by atoms with Crippen molar-refractivity contribution in [3.05, 3.63) is 87.5 Å². The van der Waals surface area contributed by atoms with Gasteiger partial charge in [0.2, 0.25) is 11.4 Å². The summed E-state index contributed by atoms with van der Waals surface area (Å²) in [5, 5.41) is 0. The van der Waals surface area contributed by atoms with E-state index in [-0.39, 0.29) is 0 Å². The number of aryl methyl sites for hydroxylation is 2. The number of benzene rings is 2. The molecular formula is C35H50N2. The second kappa shape index (κ2) is 15.7. The van der Waals surface area contributed by atoms with E-state index >= 15 is 0 Å². The van der Waals surface area contributed by atoms with Gasteiger partial charge in [0.25, 0.3) is 0 Å². The summed E-state index contributed by atoms with van der Waals surface area (Å²) in [5.41, 5.74) is 21.6. The van der Waals surface area contributed by atoms with E-state index in [1.54, 1.807) is 4.70 Å². The Bertz CT molecular complexity index is 1050. The second-order valence-electron chi connectivity index (χ2n) is 10.8. The number of hydrogen-bond acceptors (Lipinski definition) is 0. The molecule has 0 amide bonds. The molecule has 2 heteroatoms. The molecule has 0 radical (unpaired) electrons. The Morgan fingerprint density at radius 1 is 0.514 bits per heavy atom. The van der Waals surface area contributed by atoms with E-state index < -0.39 is 0 Å². The molecular weight excluding hydrogens is 448 g/mol. The van der Waals surface area contributed by atoms with Crippen molar-refractivity contribution in [1.29, 1.82) is 0 Å². The standard InChI is InChI=1S/C35H50N2/c1-5-9-13-15-18-28-23-25-30(26-24-28)34-33(22-14-10-6-2)32(21-12-8-4)35(37(34)36)31-20-16-19-29(27-31)17-11-7-3/h16,19-20,23-27H,5-15,17-18,21-22H2,1-4H3. The van der Waals surface area contributed by atoms with E-state index in [1.165, 1.54) is 73.6 Å². The molecule has 2 nitrogen and oxygen atoms in total. The van der Waals surface area contributed by atoms with Gasteiger partial charge in [0.05, 0.1) is 0 Å². The summed E-state index contributed by atoms with van der Waals surface area (Å²) in [6.07, 6.45) is 17.7. The van der Waals surface area contributed by atoms with Crippen LogP contribution in [0.3, 0.4) is 0 Å². The summed E-state index contributed by atoms with van der Waals surface area (Å²) < 4.78 is 1.54. The van der Waals surface area contributed by atoms with Crippen molar-refractivity contribution in [2.24, 2.45) is 0 Å². The minimum atomic E-state index is 1.01. The summed E-state index contributed by atoms with van der Waals surface area (Å²) in [6, 6.07) is 17.9. The van der Waals surface area contributed by atoms with Gasteiger partial charge >= 0.3 is 0 Å². The van der Waals surface area contributed by atoms with E-state index in [0.29, 0.717) is 0 Å². The molecule has 0 saturated carbocycles. The molecule has 0 saturated heterocycles. The molecule has 3 rings (SSSR count). The molecule has 0 spiro atoms. The third kappa shape index (κ3) is 8.00. The van der Waals surface area contributed by atoms with Crippen molar-refractivity contribution >= 4 is 11.4 Å². The lowest BCUT2D eigenvalue weighted by atomic mass is 9.91. The SMILES string of the molecule is CCCCCCc1ccc(C2=C(CCCCC)C(CCCC)=C(c3cccc(CCCC)c3)[N+]2=[N-])cc1. The lowest BCUT2D eigenvalue weighted by molar-refractivity contribution is -0.345. The minimum Gasteiger partial charge on any atom is -0.493 e. The van der Waals surface area contributed by atoms with Crippen LogP contribution in [0, 0.1) is 0 Å². The van der Waals surface area contributed by atoms with Crippen LogP contribution in [-0.4, -0.2) is 4.70 Å². The maximum Gasteiger partial charge on any atom is 0.211 e. The van der Waals surface area contributed by atoms with Crippen LogP contribution in [0.5, 0.6) is 0 Å². The van der Waals surface area contributed by atoms with Crippen molar-refractivity contribution in [2.75, 3.05) is 0 Å². The molecule has 2 aromatic rings. The molecule has 200 valence electrons. The molecule has 0 unspecified atom stereocenters. The van der Waals surface area contributed by atoms with Gasteiger partial charge in [-0.25, -0.2) is 4.70 Å². The molecule has 0 aliphatic carbocycles. The highest BCUT2D eigenvalue weighted by molar-refractivity contribution is 5.82. The normalized spacial score (nSPS) is 13.8. The van der Waals surface area contributed by atoms with Gasteiger partial charge in [-0.05, 0) is 86.8 Å². The Morgan fingerprint density at radius 3 is 1.73 bits per heavy atom. The third-order valence-corrected chi connectivity index (χ3v) is 7.74. The largest absolute Gasteiger partial charge is 0.493 e. The maximum atomic E-state index is 11.8. The van der Waals surface area contributed by atoms with Gasteiger partial charge in [-0.3, -0.25) is 0 Å². The zero-order chi connectivity index (χ0) is 26.5. The predicted molar refractivity (Wildman–Crippen MR) is 160 cm³/mol. The number of unbranched alkanes of at least 4 members (excludes halogenated alkanes) is 7. The fraction of sp³-hybridized carbons (Fsp3) is 0.543. The molecule has 0 bridgehead atoms. The molecule has 2 aromatic carbocycles. The highest BCUT2D eigenvalue weighted by atomic mass is 15.2. The Labute approximate surface area is 227 Å². The van der Waals surface area contributed by atoms with Crippen LogP contribution in [0.15, 0.2) is 59.7 Å². The minimum absolute atomic E-state index is 1.01. The van der Waals surface area contributed by atoms with Crippen LogP contribution >= 0.6 is 0 Å². The van der Waals surface area contributed by atoms with Gasteiger partial charge in [-0.15, -0.1) is 0 Å². The molecule has 1 aliphatic rings. The van der Waals surface area contributed by atoms with Gasteiger partial charge in [-0.1, -0.05) is 96.9 Å². The summed E-state index contributed by atoms with van der Waals surface area (Å²) in [5.74, 6) is 0. The second-order valence-corrected chi connectivity index (χ2v) is 10.8. The van der Waals surface area contributed by atoms with Crippen molar-refractivity contribution in [3.8, 4) is 0 Å². The van der Waals surface area contributed by atoms with E-state index in [1.807, 2.05) is 0 Å².